The lowest BCUT2D eigenvalue weighted by Crippen LogP contribution is -2.12. The number of esters is 1. The molecule has 0 spiro atoms. The molecule has 9 heteroatoms. The topological polar surface area (TPSA) is 98.0 Å². The van der Waals surface area contributed by atoms with Crippen molar-refractivity contribution >= 4 is 39.1 Å². The van der Waals surface area contributed by atoms with Crippen LogP contribution in [0.2, 0.25) is 0 Å². The molecule has 8 nitrogen and oxygen atoms in total. The zero-order chi connectivity index (χ0) is 20.4. The highest BCUT2D eigenvalue weighted by Gasteiger charge is 2.15. The molecular weight excluding hydrogens is 392 g/mol. The number of aromatic nitrogens is 3. The van der Waals surface area contributed by atoms with Crippen LogP contribution in [0.4, 0.5) is 5.82 Å². The third-order valence-corrected chi connectivity index (χ3v) is 5.54. The van der Waals surface area contributed by atoms with E-state index in [1.807, 2.05) is 31.2 Å². The minimum atomic E-state index is -0.428. The average Bonchev–Trinajstić information content (AvgIpc) is 3.34. The number of rotatable bonds is 7. The van der Waals surface area contributed by atoms with E-state index in [2.05, 4.69) is 19.4 Å². The van der Waals surface area contributed by atoms with Crippen molar-refractivity contribution in [2.75, 3.05) is 32.2 Å². The first-order chi connectivity index (χ1) is 14.1. The molecule has 0 atom stereocenters. The van der Waals surface area contributed by atoms with E-state index < -0.39 is 5.97 Å². The molecule has 0 aliphatic rings. The van der Waals surface area contributed by atoms with Crippen LogP contribution in [0.25, 0.3) is 26.4 Å². The molecule has 0 amide bonds. The van der Waals surface area contributed by atoms with E-state index >= 15 is 0 Å². The smallest absolute Gasteiger partial charge is 0.343 e. The van der Waals surface area contributed by atoms with E-state index in [9.17, 15) is 4.79 Å². The Labute approximate surface area is 170 Å². The number of nitrogens with one attached hydrogen (secondary N) is 1. The second-order valence-electron chi connectivity index (χ2n) is 6.36. The summed E-state index contributed by atoms with van der Waals surface area (Å²) in [7, 11) is 1.33. The fraction of sp³-hybridized carbons (Fsp3) is 0.250. The van der Waals surface area contributed by atoms with Gasteiger partial charge in [0.2, 0.25) is 0 Å². The van der Waals surface area contributed by atoms with Gasteiger partial charge in [-0.3, -0.25) is 4.40 Å². The Bertz CT molecular complexity index is 1180. The highest BCUT2D eigenvalue weighted by atomic mass is 32.1. The highest BCUT2D eigenvalue weighted by molar-refractivity contribution is 7.21. The minimum Gasteiger partial charge on any atom is -0.482 e. The van der Waals surface area contributed by atoms with Crippen LogP contribution in [-0.2, 0) is 9.53 Å². The van der Waals surface area contributed by atoms with Gasteiger partial charge in [-0.05, 0) is 30.7 Å². The molecule has 0 bridgehead atoms. The van der Waals surface area contributed by atoms with Crippen molar-refractivity contribution in [1.29, 1.82) is 0 Å². The van der Waals surface area contributed by atoms with Crippen LogP contribution in [0.15, 0.2) is 36.5 Å². The fourth-order valence-electron chi connectivity index (χ4n) is 3.02. The van der Waals surface area contributed by atoms with Crippen molar-refractivity contribution < 1.29 is 19.4 Å². The summed E-state index contributed by atoms with van der Waals surface area (Å²) in [5.41, 5.74) is 3.53. The molecule has 0 saturated carbocycles. The number of carbonyl (C=O) groups excluding carboxylic acids is 1. The van der Waals surface area contributed by atoms with Crippen molar-refractivity contribution in [1.82, 2.24) is 14.4 Å². The number of anilines is 1. The summed E-state index contributed by atoms with van der Waals surface area (Å²) in [5.74, 6) is 0.800. The molecule has 0 aliphatic heterocycles. The molecule has 1 aromatic carbocycles. The summed E-state index contributed by atoms with van der Waals surface area (Å²) < 4.78 is 12.2. The maximum Gasteiger partial charge on any atom is 0.343 e. The lowest BCUT2D eigenvalue weighted by Gasteiger charge is -2.07. The van der Waals surface area contributed by atoms with Crippen molar-refractivity contribution in [2.24, 2.45) is 0 Å². The van der Waals surface area contributed by atoms with Gasteiger partial charge in [-0.1, -0.05) is 12.1 Å². The quantitative estimate of drug-likeness (QED) is 0.451. The lowest BCUT2D eigenvalue weighted by molar-refractivity contribution is -0.142. The Morgan fingerprint density at radius 1 is 1.34 bits per heavy atom. The van der Waals surface area contributed by atoms with E-state index in [0.717, 1.165) is 32.1 Å². The predicted molar refractivity (Wildman–Crippen MR) is 112 cm³/mol. The van der Waals surface area contributed by atoms with E-state index in [4.69, 9.17) is 14.8 Å². The number of nitrogens with zero attached hydrogens (tertiary/aromatic N) is 3. The van der Waals surface area contributed by atoms with Crippen molar-refractivity contribution in [3.8, 4) is 16.2 Å². The van der Waals surface area contributed by atoms with E-state index in [1.54, 1.807) is 23.6 Å². The van der Waals surface area contributed by atoms with Crippen LogP contribution in [0.1, 0.15) is 5.69 Å². The van der Waals surface area contributed by atoms with Crippen LogP contribution >= 0.6 is 11.3 Å². The SMILES string of the molecule is COC(=O)COc1cccc(-c2cc3nc(NCCO)c4ncc(C)n4c3s2)c1. The van der Waals surface area contributed by atoms with Gasteiger partial charge in [0.1, 0.15) is 16.1 Å². The lowest BCUT2D eigenvalue weighted by atomic mass is 10.2. The minimum absolute atomic E-state index is 0.0127. The molecule has 3 heterocycles. The molecule has 4 aromatic rings. The number of hydrogen-bond donors (Lipinski definition) is 2. The molecule has 0 aliphatic carbocycles. The summed E-state index contributed by atoms with van der Waals surface area (Å²) in [6.07, 6.45) is 1.81. The Morgan fingerprint density at radius 2 is 2.21 bits per heavy atom. The number of hydrogen-bond acceptors (Lipinski definition) is 8. The Hall–Kier alpha value is -3.17. The molecule has 29 heavy (non-hydrogen) atoms. The van der Waals surface area contributed by atoms with Crippen molar-refractivity contribution in [3.63, 3.8) is 0 Å². The monoisotopic (exact) mass is 412 g/mol. The summed E-state index contributed by atoms with van der Waals surface area (Å²) in [5, 5.41) is 12.3. The third-order valence-electron chi connectivity index (χ3n) is 4.39. The number of benzene rings is 1. The van der Waals surface area contributed by atoms with Crippen LogP contribution in [0.3, 0.4) is 0 Å². The maximum absolute atomic E-state index is 11.3. The maximum atomic E-state index is 11.3. The van der Waals surface area contributed by atoms with E-state index in [-0.39, 0.29) is 13.2 Å². The van der Waals surface area contributed by atoms with Crippen molar-refractivity contribution in [3.05, 3.63) is 42.2 Å². The Balaban J connectivity index is 1.75. The van der Waals surface area contributed by atoms with Gasteiger partial charge in [-0.2, -0.15) is 0 Å². The normalized spacial score (nSPS) is 11.1. The second-order valence-corrected chi connectivity index (χ2v) is 7.39. The molecule has 2 N–H and O–H groups in total. The van der Waals surface area contributed by atoms with Gasteiger partial charge in [-0.25, -0.2) is 14.8 Å². The predicted octanol–water partition coefficient (Wildman–Crippen LogP) is 2.88. The molecule has 0 radical (unpaired) electrons. The summed E-state index contributed by atoms with van der Waals surface area (Å²) in [6, 6.07) is 9.57. The van der Waals surface area contributed by atoms with Gasteiger partial charge in [0, 0.05) is 23.3 Å². The van der Waals surface area contributed by atoms with Crippen LogP contribution in [-0.4, -0.2) is 52.3 Å². The number of methoxy groups -OCH3 is 1. The van der Waals surface area contributed by atoms with Crippen LogP contribution in [0.5, 0.6) is 5.75 Å². The number of imidazole rings is 1. The highest BCUT2D eigenvalue weighted by Crippen LogP contribution is 2.36. The van der Waals surface area contributed by atoms with Gasteiger partial charge in [0.15, 0.2) is 18.1 Å². The first kappa shape index (κ1) is 19.2. The number of aliphatic hydroxyl groups excluding tert-OH is 1. The largest absolute Gasteiger partial charge is 0.482 e. The standard InChI is InChI=1S/C20H20N4O4S/c1-12-10-22-19-18(21-6-7-25)23-15-9-16(29-20(15)24(12)19)13-4-3-5-14(8-13)28-11-17(26)27-2/h3-5,8-10,25H,6-7,11H2,1-2H3,(H,21,23). The number of ether oxygens (including phenoxy) is 2. The molecule has 0 unspecified atom stereocenters. The average molecular weight is 412 g/mol. The number of thiophene rings is 1. The second kappa shape index (κ2) is 8.06. The van der Waals surface area contributed by atoms with E-state index in [0.29, 0.717) is 18.1 Å². The zero-order valence-electron chi connectivity index (χ0n) is 16.0. The van der Waals surface area contributed by atoms with Gasteiger partial charge < -0.3 is 19.9 Å². The summed E-state index contributed by atoms with van der Waals surface area (Å²) in [4.78, 5) is 22.5. The fourth-order valence-corrected chi connectivity index (χ4v) is 4.17. The number of aryl methyl sites for hydroxylation is 1. The number of carbonyl (C=O) groups is 1. The molecule has 150 valence electrons. The van der Waals surface area contributed by atoms with Gasteiger partial charge in [-0.15, -0.1) is 11.3 Å². The molecule has 4 rings (SSSR count). The number of fused-ring (bicyclic) bond motifs is 3. The van der Waals surface area contributed by atoms with Gasteiger partial charge in [0.05, 0.1) is 13.7 Å². The van der Waals surface area contributed by atoms with Crippen LogP contribution < -0.4 is 10.1 Å². The molecule has 0 fully saturated rings. The third kappa shape index (κ3) is 3.74. The van der Waals surface area contributed by atoms with Gasteiger partial charge >= 0.3 is 5.97 Å². The van der Waals surface area contributed by atoms with Crippen molar-refractivity contribution in [2.45, 2.75) is 6.92 Å². The first-order valence-electron chi connectivity index (χ1n) is 9.03. The number of aliphatic hydroxyl groups is 1. The molecular formula is C20H20N4O4S. The Kier molecular flexibility index (Phi) is 5.32. The first-order valence-corrected chi connectivity index (χ1v) is 9.84. The Morgan fingerprint density at radius 3 is 3.00 bits per heavy atom. The zero-order valence-corrected chi connectivity index (χ0v) is 16.8. The molecule has 3 aromatic heterocycles. The summed E-state index contributed by atoms with van der Waals surface area (Å²) in [6.45, 7) is 2.27. The van der Waals surface area contributed by atoms with E-state index in [1.165, 1.54) is 7.11 Å². The summed E-state index contributed by atoms with van der Waals surface area (Å²) >= 11 is 1.60. The van der Waals surface area contributed by atoms with Crippen LogP contribution in [0, 0.1) is 6.92 Å². The molecule has 0 saturated heterocycles. The van der Waals surface area contributed by atoms with Gasteiger partial charge in [0.25, 0.3) is 0 Å².